The third kappa shape index (κ3) is 1.62. The van der Waals surface area contributed by atoms with Gasteiger partial charge in [-0.05, 0) is 18.8 Å². The maximum Gasteiger partial charge on any atom is 0.330 e. The maximum atomic E-state index is 11.8. The highest BCUT2D eigenvalue weighted by Crippen LogP contribution is 2.33. The number of rotatable bonds is 1. The normalized spacial score (nSPS) is 28.5. The zero-order valence-electron chi connectivity index (χ0n) is 8.66. The second kappa shape index (κ2) is 3.64. The average molecular weight is 210 g/mol. The fraction of sp³-hybridized carbons (Fsp3) is 0.700. The van der Waals surface area contributed by atoms with Crippen LogP contribution in [0.25, 0.3) is 0 Å². The number of barbiturate groups is 1. The third-order valence-electron chi connectivity index (χ3n) is 3.29. The Morgan fingerprint density at radius 1 is 1.20 bits per heavy atom. The van der Waals surface area contributed by atoms with Crippen molar-refractivity contribution >= 4 is 17.8 Å². The van der Waals surface area contributed by atoms with Crippen molar-refractivity contribution in [3.63, 3.8) is 0 Å². The van der Waals surface area contributed by atoms with Crippen molar-refractivity contribution in [2.75, 3.05) is 7.05 Å². The molecule has 0 aromatic carbocycles. The van der Waals surface area contributed by atoms with Crippen LogP contribution in [0.4, 0.5) is 4.79 Å². The predicted octanol–water partition coefficient (Wildman–Crippen LogP) is 0.501. The van der Waals surface area contributed by atoms with E-state index in [0.717, 1.165) is 30.6 Å². The molecule has 2 fully saturated rings. The Kier molecular flexibility index (Phi) is 2.46. The molecule has 15 heavy (non-hydrogen) atoms. The molecule has 82 valence electrons. The lowest BCUT2D eigenvalue weighted by Gasteiger charge is -2.30. The van der Waals surface area contributed by atoms with Crippen LogP contribution in [0.3, 0.4) is 0 Å². The van der Waals surface area contributed by atoms with E-state index >= 15 is 0 Å². The third-order valence-corrected chi connectivity index (χ3v) is 3.29. The molecule has 0 aromatic heterocycles. The SMILES string of the molecule is CN1C(=O)NC(=O)C(C2CCCC2)C1=O. The van der Waals surface area contributed by atoms with Gasteiger partial charge in [-0.2, -0.15) is 0 Å². The van der Waals surface area contributed by atoms with Crippen molar-refractivity contribution in [1.82, 2.24) is 10.2 Å². The Morgan fingerprint density at radius 2 is 1.80 bits per heavy atom. The maximum absolute atomic E-state index is 11.8. The van der Waals surface area contributed by atoms with Gasteiger partial charge in [-0.1, -0.05) is 12.8 Å². The van der Waals surface area contributed by atoms with Gasteiger partial charge in [0.25, 0.3) is 0 Å². The van der Waals surface area contributed by atoms with E-state index in [2.05, 4.69) is 5.32 Å². The quantitative estimate of drug-likeness (QED) is 0.641. The van der Waals surface area contributed by atoms with Crippen molar-refractivity contribution in [2.45, 2.75) is 25.7 Å². The zero-order chi connectivity index (χ0) is 11.0. The molecule has 4 amide bonds. The highest BCUT2D eigenvalue weighted by Gasteiger charge is 2.43. The molecule has 0 bridgehead atoms. The van der Waals surface area contributed by atoms with Crippen LogP contribution in [-0.2, 0) is 9.59 Å². The van der Waals surface area contributed by atoms with Gasteiger partial charge < -0.3 is 0 Å². The smallest absolute Gasteiger partial charge is 0.277 e. The molecule has 1 aliphatic heterocycles. The Balaban J connectivity index is 2.19. The molecule has 1 aliphatic carbocycles. The fourth-order valence-electron chi connectivity index (χ4n) is 2.39. The molecule has 1 N–H and O–H groups in total. The highest BCUT2D eigenvalue weighted by atomic mass is 16.2. The van der Waals surface area contributed by atoms with Crippen LogP contribution in [0.5, 0.6) is 0 Å². The minimum Gasteiger partial charge on any atom is -0.277 e. The second-order valence-electron chi connectivity index (χ2n) is 4.21. The van der Waals surface area contributed by atoms with E-state index in [1.165, 1.54) is 7.05 Å². The summed E-state index contributed by atoms with van der Waals surface area (Å²) in [5.74, 6) is -1.30. The summed E-state index contributed by atoms with van der Waals surface area (Å²) in [6.07, 6.45) is 3.95. The topological polar surface area (TPSA) is 66.5 Å². The van der Waals surface area contributed by atoms with Crippen LogP contribution in [0.15, 0.2) is 0 Å². The highest BCUT2D eigenvalue weighted by molar-refractivity contribution is 6.16. The average Bonchev–Trinajstić information content (AvgIpc) is 2.68. The summed E-state index contributed by atoms with van der Waals surface area (Å²) in [5, 5.41) is 2.21. The Bertz CT molecular complexity index is 321. The van der Waals surface area contributed by atoms with Gasteiger partial charge >= 0.3 is 6.03 Å². The number of hydrogen-bond acceptors (Lipinski definition) is 3. The van der Waals surface area contributed by atoms with E-state index < -0.39 is 17.9 Å². The van der Waals surface area contributed by atoms with Gasteiger partial charge in [0, 0.05) is 7.05 Å². The summed E-state index contributed by atoms with van der Waals surface area (Å²) < 4.78 is 0. The summed E-state index contributed by atoms with van der Waals surface area (Å²) in [6.45, 7) is 0. The number of nitrogens with zero attached hydrogens (tertiary/aromatic N) is 1. The van der Waals surface area contributed by atoms with Gasteiger partial charge in [-0.25, -0.2) is 4.79 Å². The lowest BCUT2D eigenvalue weighted by atomic mass is 9.88. The van der Waals surface area contributed by atoms with Crippen molar-refractivity contribution in [3.8, 4) is 0 Å². The molecule has 0 radical (unpaired) electrons. The first-order valence-corrected chi connectivity index (χ1v) is 5.23. The Hall–Kier alpha value is -1.39. The van der Waals surface area contributed by atoms with Gasteiger partial charge in [0.2, 0.25) is 11.8 Å². The Morgan fingerprint density at radius 3 is 2.40 bits per heavy atom. The van der Waals surface area contributed by atoms with Crippen LogP contribution >= 0.6 is 0 Å². The van der Waals surface area contributed by atoms with E-state index in [0.29, 0.717) is 0 Å². The summed E-state index contributed by atoms with van der Waals surface area (Å²) in [5.41, 5.74) is 0. The van der Waals surface area contributed by atoms with Gasteiger partial charge in [-0.3, -0.25) is 19.8 Å². The number of amides is 4. The van der Waals surface area contributed by atoms with Crippen LogP contribution < -0.4 is 5.32 Å². The predicted molar refractivity (Wildman–Crippen MR) is 51.8 cm³/mol. The fourth-order valence-corrected chi connectivity index (χ4v) is 2.39. The van der Waals surface area contributed by atoms with Gasteiger partial charge in [0.1, 0.15) is 5.92 Å². The first-order valence-electron chi connectivity index (χ1n) is 5.23. The lowest BCUT2D eigenvalue weighted by Crippen LogP contribution is -2.57. The second-order valence-corrected chi connectivity index (χ2v) is 4.21. The molecular weight excluding hydrogens is 196 g/mol. The first kappa shape index (κ1) is 10.1. The van der Waals surface area contributed by atoms with E-state index in [-0.39, 0.29) is 11.8 Å². The summed E-state index contributed by atoms with van der Waals surface area (Å²) in [7, 11) is 1.41. The molecule has 1 heterocycles. The van der Waals surface area contributed by atoms with Crippen LogP contribution in [0, 0.1) is 11.8 Å². The first-order chi connectivity index (χ1) is 7.11. The van der Waals surface area contributed by atoms with E-state index in [9.17, 15) is 14.4 Å². The molecule has 5 heteroatoms. The minimum absolute atomic E-state index is 0.119. The monoisotopic (exact) mass is 210 g/mol. The van der Waals surface area contributed by atoms with Crippen LogP contribution in [0.2, 0.25) is 0 Å². The molecule has 1 atom stereocenters. The largest absolute Gasteiger partial charge is 0.330 e. The molecule has 2 rings (SSSR count). The molecule has 2 aliphatic rings. The van der Waals surface area contributed by atoms with Gasteiger partial charge in [0.15, 0.2) is 0 Å². The van der Waals surface area contributed by atoms with E-state index in [4.69, 9.17) is 0 Å². The molecule has 0 spiro atoms. The Labute approximate surface area is 87.8 Å². The van der Waals surface area contributed by atoms with Crippen LogP contribution in [-0.4, -0.2) is 29.8 Å². The number of carbonyl (C=O) groups is 3. The van der Waals surface area contributed by atoms with Crippen molar-refractivity contribution < 1.29 is 14.4 Å². The van der Waals surface area contributed by atoms with E-state index in [1.54, 1.807) is 0 Å². The lowest BCUT2D eigenvalue weighted by molar-refractivity contribution is -0.144. The van der Waals surface area contributed by atoms with E-state index in [1.807, 2.05) is 0 Å². The molecular formula is C10H14N2O3. The number of urea groups is 1. The van der Waals surface area contributed by atoms with Crippen LogP contribution in [0.1, 0.15) is 25.7 Å². The van der Waals surface area contributed by atoms with Crippen molar-refractivity contribution in [3.05, 3.63) is 0 Å². The summed E-state index contributed by atoms with van der Waals surface area (Å²) in [6, 6.07) is -0.612. The number of nitrogens with one attached hydrogen (secondary N) is 1. The number of hydrogen-bond donors (Lipinski definition) is 1. The van der Waals surface area contributed by atoms with Gasteiger partial charge in [-0.15, -0.1) is 0 Å². The van der Waals surface area contributed by atoms with Crippen molar-refractivity contribution in [2.24, 2.45) is 11.8 Å². The molecule has 1 unspecified atom stereocenters. The summed E-state index contributed by atoms with van der Waals surface area (Å²) >= 11 is 0. The zero-order valence-corrected chi connectivity index (χ0v) is 8.66. The van der Waals surface area contributed by atoms with Crippen molar-refractivity contribution in [1.29, 1.82) is 0 Å². The minimum atomic E-state index is -0.643. The molecule has 1 saturated carbocycles. The summed E-state index contributed by atoms with van der Waals surface area (Å²) in [4.78, 5) is 35.5. The number of carbonyl (C=O) groups excluding carboxylic acids is 3. The molecule has 0 aromatic rings. The standard InChI is InChI=1S/C10H14N2O3/c1-12-9(14)7(6-4-2-3-5-6)8(13)11-10(12)15/h6-7H,2-5H2,1H3,(H,11,13,15). The van der Waals surface area contributed by atoms with Gasteiger partial charge in [0.05, 0.1) is 0 Å². The molecule has 1 saturated heterocycles. The molecule has 5 nitrogen and oxygen atoms in total. The number of imide groups is 2.